The van der Waals surface area contributed by atoms with Crippen LogP contribution in [0.25, 0.3) is 0 Å². The molecular formula is C14H23BrN2O3S. The van der Waals surface area contributed by atoms with E-state index in [4.69, 9.17) is 4.74 Å². The number of benzene rings is 1. The van der Waals surface area contributed by atoms with Crippen molar-refractivity contribution in [3.05, 3.63) is 28.7 Å². The van der Waals surface area contributed by atoms with Crippen LogP contribution in [0.3, 0.4) is 0 Å². The molecule has 0 atom stereocenters. The van der Waals surface area contributed by atoms with E-state index in [2.05, 4.69) is 39.4 Å². The van der Waals surface area contributed by atoms with Gasteiger partial charge in [0.2, 0.25) is 10.0 Å². The van der Waals surface area contributed by atoms with Crippen LogP contribution in [0, 0.1) is 0 Å². The van der Waals surface area contributed by atoms with E-state index in [0.717, 1.165) is 24.1 Å². The Bertz CT molecular complexity index is 501. The highest BCUT2D eigenvalue weighted by Gasteiger charge is 2.12. The quantitative estimate of drug-likeness (QED) is 0.633. The van der Waals surface area contributed by atoms with Gasteiger partial charge in [0.1, 0.15) is 0 Å². The molecular weight excluding hydrogens is 356 g/mol. The van der Waals surface area contributed by atoms with Gasteiger partial charge < -0.3 is 9.64 Å². The molecule has 0 spiro atoms. The summed E-state index contributed by atoms with van der Waals surface area (Å²) in [4.78, 5) is 2.51. The summed E-state index contributed by atoms with van der Waals surface area (Å²) in [6, 6.07) is 6.53. The van der Waals surface area contributed by atoms with Crippen molar-refractivity contribution in [1.29, 1.82) is 0 Å². The Morgan fingerprint density at radius 2 is 1.76 bits per heavy atom. The Hall–Kier alpha value is -0.470. The molecule has 1 rings (SSSR count). The largest absolute Gasteiger partial charge is 0.379 e. The average Bonchev–Trinajstić information content (AvgIpc) is 2.47. The summed E-state index contributed by atoms with van der Waals surface area (Å²) in [5.41, 5.74) is 0. The van der Waals surface area contributed by atoms with Crippen molar-refractivity contribution in [1.82, 2.24) is 9.62 Å². The summed E-state index contributed by atoms with van der Waals surface area (Å²) in [7, 11) is -3.45. The van der Waals surface area contributed by atoms with E-state index in [1.165, 1.54) is 0 Å². The molecule has 0 aromatic heterocycles. The van der Waals surface area contributed by atoms with E-state index in [0.29, 0.717) is 13.2 Å². The van der Waals surface area contributed by atoms with Crippen molar-refractivity contribution in [3.63, 3.8) is 0 Å². The Labute approximate surface area is 135 Å². The van der Waals surface area contributed by atoms with Gasteiger partial charge in [0.05, 0.1) is 18.1 Å². The lowest BCUT2D eigenvalue weighted by Gasteiger charge is -2.17. The zero-order chi connectivity index (χ0) is 15.7. The lowest BCUT2D eigenvalue weighted by Crippen LogP contribution is -2.30. The van der Waals surface area contributed by atoms with Crippen molar-refractivity contribution in [2.24, 2.45) is 0 Å². The number of hydrogen-bond donors (Lipinski definition) is 1. The molecule has 120 valence electrons. The van der Waals surface area contributed by atoms with E-state index >= 15 is 0 Å². The molecule has 0 heterocycles. The molecule has 0 aliphatic carbocycles. The van der Waals surface area contributed by atoms with Gasteiger partial charge in [-0.2, -0.15) is 0 Å². The summed E-state index contributed by atoms with van der Waals surface area (Å²) in [6.45, 7) is 8.33. The van der Waals surface area contributed by atoms with Crippen LogP contribution in [0.5, 0.6) is 0 Å². The molecule has 1 aromatic carbocycles. The molecule has 0 aliphatic rings. The van der Waals surface area contributed by atoms with Crippen LogP contribution in [0.15, 0.2) is 33.6 Å². The summed E-state index contributed by atoms with van der Waals surface area (Å²) in [5.74, 6) is 0. The van der Waals surface area contributed by atoms with Gasteiger partial charge in [-0.3, -0.25) is 0 Å². The number of likely N-dealkylation sites (N-methyl/N-ethyl adjacent to an activating group) is 1. The van der Waals surface area contributed by atoms with Crippen molar-refractivity contribution >= 4 is 26.0 Å². The summed E-state index contributed by atoms with van der Waals surface area (Å²) < 4.78 is 32.8. The maximum atomic E-state index is 12.0. The number of rotatable bonds is 10. The Morgan fingerprint density at radius 3 is 2.33 bits per heavy atom. The third-order valence-corrected chi connectivity index (χ3v) is 5.11. The lowest BCUT2D eigenvalue weighted by molar-refractivity contribution is 0.111. The van der Waals surface area contributed by atoms with Crippen LogP contribution < -0.4 is 4.72 Å². The second-order valence-electron chi connectivity index (χ2n) is 4.49. The highest BCUT2D eigenvalue weighted by molar-refractivity contribution is 9.10. The molecule has 1 aromatic rings. The van der Waals surface area contributed by atoms with Crippen molar-refractivity contribution in [2.45, 2.75) is 18.7 Å². The normalized spacial score (nSPS) is 12.0. The van der Waals surface area contributed by atoms with E-state index in [9.17, 15) is 8.42 Å². The maximum absolute atomic E-state index is 12.0. The smallest absolute Gasteiger partial charge is 0.240 e. The molecule has 0 amide bonds. The molecule has 0 fully saturated rings. The van der Waals surface area contributed by atoms with Gasteiger partial charge in [0.25, 0.3) is 0 Å². The van der Waals surface area contributed by atoms with Crippen LogP contribution in [0.4, 0.5) is 0 Å². The zero-order valence-corrected chi connectivity index (χ0v) is 14.9. The predicted octanol–water partition coefficient (Wildman–Crippen LogP) is 2.09. The standard InChI is InChI=1S/C14H23BrN2O3S/c1-3-17(4-2)10-12-20-11-9-16-21(18,19)14-7-5-13(15)6-8-14/h5-8,16H,3-4,9-12H2,1-2H3. The molecule has 0 saturated heterocycles. The van der Waals surface area contributed by atoms with Crippen LogP contribution >= 0.6 is 15.9 Å². The molecule has 0 unspecified atom stereocenters. The first-order valence-electron chi connectivity index (χ1n) is 7.05. The van der Waals surface area contributed by atoms with E-state index in [1.54, 1.807) is 24.3 Å². The van der Waals surface area contributed by atoms with Gasteiger partial charge in [-0.15, -0.1) is 0 Å². The number of ether oxygens (including phenoxy) is 1. The van der Waals surface area contributed by atoms with Gasteiger partial charge in [0, 0.05) is 17.6 Å². The summed E-state index contributed by atoms with van der Waals surface area (Å²) >= 11 is 3.28. The van der Waals surface area contributed by atoms with Crippen LogP contribution in [-0.2, 0) is 14.8 Å². The highest BCUT2D eigenvalue weighted by atomic mass is 79.9. The lowest BCUT2D eigenvalue weighted by atomic mass is 10.4. The van der Waals surface area contributed by atoms with Crippen LogP contribution in [0.1, 0.15) is 13.8 Å². The molecule has 0 bridgehead atoms. The van der Waals surface area contributed by atoms with Gasteiger partial charge in [-0.05, 0) is 37.4 Å². The molecule has 5 nitrogen and oxygen atoms in total. The molecule has 1 N–H and O–H groups in total. The number of nitrogens with zero attached hydrogens (tertiary/aromatic N) is 1. The second-order valence-corrected chi connectivity index (χ2v) is 7.17. The fraction of sp³-hybridized carbons (Fsp3) is 0.571. The van der Waals surface area contributed by atoms with Gasteiger partial charge >= 0.3 is 0 Å². The minimum absolute atomic E-state index is 0.258. The molecule has 0 aliphatic heterocycles. The van der Waals surface area contributed by atoms with E-state index in [-0.39, 0.29) is 11.4 Å². The number of halogens is 1. The van der Waals surface area contributed by atoms with E-state index < -0.39 is 10.0 Å². The SMILES string of the molecule is CCN(CC)CCOCCNS(=O)(=O)c1ccc(Br)cc1. The second kappa shape index (κ2) is 9.53. The number of sulfonamides is 1. The molecule has 21 heavy (non-hydrogen) atoms. The first-order valence-corrected chi connectivity index (χ1v) is 9.32. The number of hydrogen-bond acceptors (Lipinski definition) is 4. The predicted molar refractivity (Wildman–Crippen MR) is 87.9 cm³/mol. The average molecular weight is 379 g/mol. The molecule has 0 saturated carbocycles. The Balaban J connectivity index is 2.27. The first-order chi connectivity index (χ1) is 9.99. The third-order valence-electron chi connectivity index (χ3n) is 3.11. The first kappa shape index (κ1) is 18.6. The van der Waals surface area contributed by atoms with Crippen molar-refractivity contribution in [2.75, 3.05) is 39.4 Å². The van der Waals surface area contributed by atoms with Crippen molar-refractivity contribution < 1.29 is 13.2 Å². The fourth-order valence-electron chi connectivity index (χ4n) is 1.78. The summed E-state index contributed by atoms with van der Waals surface area (Å²) in [5, 5.41) is 0. The van der Waals surface area contributed by atoms with Gasteiger partial charge in [-0.25, -0.2) is 13.1 Å². The van der Waals surface area contributed by atoms with Gasteiger partial charge in [-0.1, -0.05) is 29.8 Å². The van der Waals surface area contributed by atoms with Crippen LogP contribution in [-0.4, -0.2) is 52.7 Å². The van der Waals surface area contributed by atoms with Gasteiger partial charge in [0.15, 0.2) is 0 Å². The summed E-state index contributed by atoms with van der Waals surface area (Å²) in [6.07, 6.45) is 0. The topological polar surface area (TPSA) is 58.6 Å². The number of nitrogens with one attached hydrogen (secondary N) is 1. The van der Waals surface area contributed by atoms with Crippen LogP contribution in [0.2, 0.25) is 0 Å². The highest BCUT2D eigenvalue weighted by Crippen LogP contribution is 2.14. The zero-order valence-electron chi connectivity index (χ0n) is 12.5. The minimum atomic E-state index is -3.45. The Kier molecular flexibility index (Phi) is 8.43. The molecule has 0 radical (unpaired) electrons. The monoisotopic (exact) mass is 378 g/mol. The fourth-order valence-corrected chi connectivity index (χ4v) is 3.06. The van der Waals surface area contributed by atoms with Crippen molar-refractivity contribution in [3.8, 4) is 0 Å². The maximum Gasteiger partial charge on any atom is 0.240 e. The third kappa shape index (κ3) is 6.88. The Morgan fingerprint density at radius 1 is 1.14 bits per heavy atom. The molecule has 7 heteroatoms. The van der Waals surface area contributed by atoms with E-state index in [1.807, 2.05) is 0 Å². The minimum Gasteiger partial charge on any atom is -0.379 e.